The number of hydrogen-bond donors (Lipinski definition) is 1. The molecule has 0 aliphatic carbocycles. The van der Waals surface area contributed by atoms with E-state index in [1.165, 1.54) is 0 Å². The minimum absolute atomic E-state index is 0.453. The molecule has 1 aromatic heterocycles. The molecule has 90 valence electrons. The van der Waals surface area contributed by atoms with Crippen LogP contribution in [0, 0.1) is 0 Å². The highest BCUT2D eigenvalue weighted by atomic mass is 16.5. The molecule has 1 heterocycles. The summed E-state index contributed by atoms with van der Waals surface area (Å²) in [5, 5.41) is 3.81. The van der Waals surface area contributed by atoms with Gasteiger partial charge in [0.2, 0.25) is 0 Å². The SMILES string of the molecule is CCOc1ccccc1-c1onc(N)c1CC. The van der Waals surface area contributed by atoms with Gasteiger partial charge in [-0.1, -0.05) is 24.2 Å². The van der Waals surface area contributed by atoms with Crippen molar-refractivity contribution in [2.75, 3.05) is 12.3 Å². The topological polar surface area (TPSA) is 61.3 Å². The fourth-order valence-electron chi connectivity index (χ4n) is 1.81. The second-order valence-electron chi connectivity index (χ2n) is 3.66. The zero-order valence-electron chi connectivity index (χ0n) is 10.1. The van der Waals surface area contributed by atoms with Crippen LogP contribution in [0.3, 0.4) is 0 Å². The molecule has 0 radical (unpaired) electrons. The highest BCUT2D eigenvalue weighted by molar-refractivity contribution is 5.71. The van der Waals surface area contributed by atoms with E-state index in [9.17, 15) is 0 Å². The van der Waals surface area contributed by atoms with Crippen LogP contribution >= 0.6 is 0 Å². The number of nitrogens with two attached hydrogens (primary N) is 1. The van der Waals surface area contributed by atoms with Crippen molar-refractivity contribution in [2.24, 2.45) is 0 Å². The Morgan fingerprint density at radius 1 is 1.29 bits per heavy atom. The van der Waals surface area contributed by atoms with Crippen molar-refractivity contribution in [1.29, 1.82) is 0 Å². The number of anilines is 1. The summed E-state index contributed by atoms with van der Waals surface area (Å²) < 4.78 is 10.9. The van der Waals surface area contributed by atoms with Crippen molar-refractivity contribution in [1.82, 2.24) is 5.16 Å². The lowest BCUT2D eigenvalue weighted by atomic mass is 10.1. The molecule has 0 unspecified atom stereocenters. The molecule has 4 heteroatoms. The van der Waals surface area contributed by atoms with Crippen LogP contribution in [0.2, 0.25) is 0 Å². The van der Waals surface area contributed by atoms with Crippen molar-refractivity contribution in [3.8, 4) is 17.1 Å². The van der Waals surface area contributed by atoms with Crippen LogP contribution < -0.4 is 10.5 Å². The van der Waals surface area contributed by atoms with Crippen LogP contribution in [-0.4, -0.2) is 11.8 Å². The summed E-state index contributed by atoms with van der Waals surface area (Å²) in [7, 11) is 0. The fourth-order valence-corrected chi connectivity index (χ4v) is 1.81. The lowest BCUT2D eigenvalue weighted by Gasteiger charge is -2.08. The highest BCUT2D eigenvalue weighted by Gasteiger charge is 2.17. The molecule has 1 aromatic carbocycles. The zero-order valence-corrected chi connectivity index (χ0v) is 10.1. The summed E-state index contributed by atoms with van der Waals surface area (Å²) in [5.74, 6) is 1.95. The van der Waals surface area contributed by atoms with E-state index in [1.54, 1.807) is 0 Å². The largest absolute Gasteiger partial charge is 0.493 e. The molecule has 0 spiro atoms. The van der Waals surface area contributed by atoms with Gasteiger partial charge in [-0.25, -0.2) is 0 Å². The third kappa shape index (κ3) is 2.11. The van der Waals surface area contributed by atoms with Crippen LogP contribution in [0.25, 0.3) is 11.3 Å². The summed E-state index contributed by atoms with van der Waals surface area (Å²) in [6.45, 7) is 4.59. The maximum atomic E-state index is 5.77. The molecule has 2 N–H and O–H groups in total. The molecule has 0 atom stereocenters. The van der Waals surface area contributed by atoms with Crippen LogP contribution in [0.5, 0.6) is 5.75 Å². The Kier molecular flexibility index (Phi) is 3.32. The second-order valence-corrected chi connectivity index (χ2v) is 3.66. The molecule has 0 saturated carbocycles. The Bertz CT molecular complexity index is 506. The summed E-state index contributed by atoms with van der Waals surface area (Å²) in [4.78, 5) is 0. The van der Waals surface area contributed by atoms with Crippen molar-refractivity contribution in [2.45, 2.75) is 20.3 Å². The zero-order chi connectivity index (χ0) is 12.3. The van der Waals surface area contributed by atoms with Gasteiger partial charge in [-0.15, -0.1) is 0 Å². The monoisotopic (exact) mass is 232 g/mol. The number of para-hydroxylation sites is 1. The van der Waals surface area contributed by atoms with Crippen molar-refractivity contribution < 1.29 is 9.26 Å². The standard InChI is InChI=1S/C13H16N2O2/c1-3-9-12(17-15-13(9)14)10-7-5-6-8-11(10)16-4-2/h5-8H,3-4H2,1-2H3,(H2,14,15). The maximum Gasteiger partial charge on any atom is 0.175 e. The quantitative estimate of drug-likeness (QED) is 0.880. The second kappa shape index (κ2) is 4.91. The summed E-state index contributed by atoms with van der Waals surface area (Å²) in [5.41, 5.74) is 7.59. The van der Waals surface area contributed by atoms with Crippen LogP contribution in [0.4, 0.5) is 5.82 Å². The van der Waals surface area contributed by atoms with Gasteiger partial charge in [0.1, 0.15) is 5.75 Å². The van der Waals surface area contributed by atoms with E-state index in [-0.39, 0.29) is 0 Å². The first-order valence-corrected chi connectivity index (χ1v) is 5.74. The molecule has 0 amide bonds. The van der Waals surface area contributed by atoms with Gasteiger partial charge in [0.05, 0.1) is 12.2 Å². The minimum Gasteiger partial charge on any atom is -0.493 e. The first kappa shape index (κ1) is 11.5. The first-order valence-electron chi connectivity index (χ1n) is 5.74. The molecule has 0 bridgehead atoms. The third-order valence-corrected chi connectivity index (χ3v) is 2.60. The average Bonchev–Trinajstić information content (AvgIpc) is 2.71. The van der Waals surface area contributed by atoms with Gasteiger partial charge in [-0.05, 0) is 25.5 Å². The van der Waals surface area contributed by atoms with E-state index in [1.807, 2.05) is 38.1 Å². The predicted molar refractivity (Wildman–Crippen MR) is 66.9 cm³/mol. The summed E-state index contributed by atoms with van der Waals surface area (Å²) in [6.07, 6.45) is 0.783. The van der Waals surface area contributed by atoms with Crippen LogP contribution in [0.15, 0.2) is 28.8 Å². The molecular weight excluding hydrogens is 216 g/mol. The molecule has 0 aliphatic rings. The van der Waals surface area contributed by atoms with Crippen molar-refractivity contribution in [3.63, 3.8) is 0 Å². The Hall–Kier alpha value is -1.97. The lowest BCUT2D eigenvalue weighted by Crippen LogP contribution is -1.95. The average molecular weight is 232 g/mol. The van der Waals surface area contributed by atoms with E-state index in [2.05, 4.69) is 5.16 Å². The lowest BCUT2D eigenvalue weighted by molar-refractivity contribution is 0.339. The summed E-state index contributed by atoms with van der Waals surface area (Å²) in [6, 6.07) is 7.73. The van der Waals surface area contributed by atoms with Gasteiger partial charge >= 0.3 is 0 Å². The highest BCUT2D eigenvalue weighted by Crippen LogP contribution is 2.34. The molecule has 17 heavy (non-hydrogen) atoms. The van der Waals surface area contributed by atoms with E-state index >= 15 is 0 Å². The molecule has 0 fully saturated rings. The van der Waals surface area contributed by atoms with E-state index in [4.69, 9.17) is 15.0 Å². The number of nitrogen functional groups attached to an aromatic ring is 1. The Labute approximate surface area is 100 Å². The van der Waals surface area contributed by atoms with Gasteiger partial charge < -0.3 is 15.0 Å². The van der Waals surface area contributed by atoms with Gasteiger partial charge in [0, 0.05) is 5.56 Å². The minimum atomic E-state index is 0.453. The molecule has 0 saturated heterocycles. The van der Waals surface area contributed by atoms with Gasteiger partial charge in [0.25, 0.3) is 0 Å². The number of benzene rings is 1. The number of nitrogens with zero attached hydrogens (tertiary/aromatic N) is 1. The van der Waals surface area contributed by atoms with E-state index in [0.717, 1.165) is 23.3 Å². The number of rotatable bonds is 4. The molecule has 2 aromatic rings. The van der Waals surface area contributed by atoms with Gasteiger partial charge in [-0.3, -0.25) is 0 Å². The number of ether oxygens (including phenoxy) is 1. The molecule has 4 nitrogen and oxygen atoms in total. The van der Waals surface area contributed by atoms with Gasteiger partial charge in [0.15, 0.2) is 11.6 Å². The van der Waals surface area contributed by atoms with Crippen LogP contribution in [0.1, 0.15) is 19.4 Å². The van der Waals surface area contributed by atoms with E-state index in [0.29, 0.717) is 18.2 Å². The maximum absolute atomic E-state index is 5.77. The fraction of sp³-hybridized carbons (Fsp3) is 0.308. The van der Waals surface area contributed by atoms with Crippen molar-refractivity contribution in [3.05, 3.63) is 29.8 Å². The van der Waals surface area contributed by atoms with Gasteiger partial charge in [-0.2, -0.15) is 0 Å². The number of hydrogen-bond acceptors (Lipinski definition) is 4. The van der Waals surface area contributed by atoms with Crippen LogP contribution in [-0.2, 0) is 6.42 Å². The molecular formula is C13H16N2O2. The summed E-state index contributed by atoms with van der Waals surface area (Å²) >= 11 is 0. The Balaban J connectivity index is 2.52. The van der Waals surface area contributed by atoms with E-state index < -0.39 is 0 Å². The predicted octanol–water partition coefficient (Wildman–Crippen LogP) is 2.88. The normalized spacial score (nSPS) is 10.5. The number of aromatic nitrogens is 1. The van der Waals surface area contributed by atoms with Crippen molar-refractivity contribution >= 4 is 5.82 Å². The Morgan fingerprint density at radius 3 is 2.76 bits per heavy atom. The smallest absolute Gasteiger partial charge is 0.175 e. The third-order valence-electron chi connectivity index (χ3n) is 2.60. The Morgan fingerprint density at radius 2 is 2.06 bits per heavy atom. The molecule has 0 aliphatic heterocycles. The molecule has 2 rings (SSSR count). The first-order chi connectivity index (χ1) is 8.27.